The first-order valence-electron chi connectivity index (χ1n) is 6.90. The van der Waals surface area contributed by atoms with Gasteiger partial charge in [-0.05, 0) is 30.2 Å². The van der Waals surface area contributed by atoms with E-state index in [9.17, 15) is 9.59 Å². The number of fused-ring (bicyclic) bond motifs is 2. The number of nitrogen functional groups attached to an aromatic ring is 1. The summed E-state index contributed by atoms with van der Waals surface area (Å²) in [6.45, 7) is 2.05. The number of rotatable bonds is 3. The van der Waals surface area contributed by atoms with Crippen LogP contribution in [0.2, 0.25) is 0 Å². The van der Waals surface area contributed by atoms with Crippen molar-refractivity contribution >= 4 is 33.9 Å². The van der Waals surface area contributed by atoms with E-state index >= 15 is 0 Å². The monoisotopic (exact) mass is 298 g/mol. The van der Waals surface area contributed by atoms with Crippen LogP contribution < -0.4 is 11.2 Å². The van der Waals surface area contributed by atoms with Crippen LogP contribution in [0.15, 0.2) is 33.5 Å². The third-order valence-corrected chi connectivity index (χ3v) is 3.53. The average Bonchev–Trinajstić information content (AvgIpc) is 2.47. The second-order valence-corrected chi connectivity index (χ2v) is 5.09. The third kappa shape index (κ3) is 2.18. The van der Waals surface area contributed by atoms with E-state index in [4.69, 9.17) is 15.3 Å². The Morgan fingerprint density at radius 1 is 1.32 bits per heavy atom. The van der Waals surface area contributed by atoms with E-state index < -0.39 is 5.97 Å². The lowest BCUT2D eigenvalue weighted by atomic mass is 10.1. The van der Waals surface area contributed by atoms with E-state index in [-0.39, 0.29) is 27.9 Å². The van der Waals surface area contributed by atoms with Crippen LogP contribution in [0.5, 0.6) is 0 Å². The number of benzene rings is 1. The molecule has 0 radical (unpaired) electrons. The molecule has 0 spiro atoms. The summed E-state index contributed by atoms with van der Waals surface area (Å²) in [5.41, 5.74) is 6.57. The normalized spacial score (nSPS) is 11.1. The molecule has 0 saturated carbocycles. The highest BCUT2D eigenvalue weighted by Gasteiger charge is 2.16. The van der Waals surface area contributed by atoms with Gasteiger partial charge in [-0.25, -0.2) is 4.79 Å². The van der Waals surface area contributed by atoms with Crippen LogP contribution in [-0.2, 0) is 6.42 Å². The van der Waals surface area contributed by atoms with Crippen LogP contribution in [0, 0.1) is 0 Å². The first-order chi connectivity index (χ1) is 10.5. The Bertz CT molecular complexity index is 960. The highest BCUT2D eigenvalue weighted by Crippen LogP contribution is 2.22. The van der Waals surface area contributed by atoms with Gasteiger partial charge in [0.1, 0.15) is 17.0 Å². The Balaban J connectivity index is 2.37. The van der Waals surface area contributed by atoms with Gasteiger partial charge in [-0.3, -0.25) is 4.79 Å². The number of aromatic nitrogens is 1. The number of pyridine rings is 1. The lowest BCUT2D eigenvalue weighted by Crippen LogP contribution is -2.09. The minimum Gasteiger partial charge on any atom is -0.478 e. The molecule has 6 heteroatoms. The van der Waals surface area contributed by atoms with Crippen molar-refractivity contribution in [1.82, 2.24) is 4.98 Å². The molecule has 2 aromatic heterocycles. The second kappa shape index (κ2) is 5.14. The van der Waals surface area contributed by atoms with E-state index in [0.29, 0.717) is 11.0 Å². The SMILES string of the molecule is CCCc1ccc2oc3nc(N)c(C(=O)O)cc3c(=O)c2c1. The number of carbonyl (C=O) groups is 1. The number of carboxylic acids is 1. The molecule has 6 nitrogen and oxygen atoms in total. The molecule has 0 unspecified atom stereocenters. The van der Waals surface area contributed by atoms with Gasteiger partial charge in [-0.15, -0.1) is 0 Å². The molecule has 0 atom stereocenters. The highest BCUT2D eigenvalue weighted by molar-refractivity contribution is 5.98. The standard InChI is InChI=1S/C16H14N2O4/c1-2-3-8-4-5-12-9(6-8)13(19)10-7-11(16(20)21)14(17)18-15(10)22-12/h4-7H,2-3H2,1H3,(H2,17,18)(H,20,21). The molecule has 1 aromatic carbocycles. The number of nitrogens with zero attached hydrogens (tertiary/aromatic N) is 1. The largest absolute Gasteiger partial charge is 0.478 e. The van der Waals surface area contributed by atoms with Gasteiger partial charge in [0.15, 0.2) is 0 Å². The quantitative estimate of drug-likeness (QED) is 0.720. The summed E-state index contributed by atoms with van der Waals surface area (Å²) in [5.74, 6) is -1.41. The molecule has 0 aliphatic heterocycles. The molecule has 0 bridgehead atoms. The Kier molecular flexibility index (Phi) is 3.29. The fourth-order valence-electron chi connectivity index (χ4n) is 2.46. The molecule has 22 heavy (non-hydrogen) atoms. The van der Waals surface area contributed by atoms with Crippen LogP contribution in [0.4, 0.5) is 5.82 Å². The number of nitrogens with two attached hydrogens (primary N) is 1. The molecule has 3 rings (SSSR count). The van der Waals surface area contributed by atoms with Crippen molar-refractivity contribution in [2.45, 2.75) is 19.8 Å². The summed E-state index contributed by atoms with van der Waals surface area (Å²) < 4.78 is 5.59. The Morgan fingerprint density at radius 3 is 2.77 bits per heavy atom. The maximum Gasteiger partial charge on any atom is 0.339 e. The molecule has 3 aromatic rings. The first kappa shape index (κ1) is 14.1. The molecule has 0 amide bonds. The molecule has 3 N–H and O–H groups in total. The fraction of sp³-hybridized carbons (Fsp3) is 0.188. The van der Waals surface area contributed by atoms with Crippen LogP contribution in [0.25, 0.3) is 22.1 Å². The minimum absolute atomic E-state index is 0.0447. The predicted molar refractivity (Wildman–Crippen MR) is 83.2 cm³/mol. The van der Waals surface area contributed by atoms with E-state index in [0.717, 1.165) is 18.4 Å². The van der Waals surface area contributed by atoms with Gasteiger partial charge in [0.05, 0.1) is 10.8 Å². The molecule has 0 saturated heterocycles. The molecular weight excluding hydrogens is 284 g/mol. The van der Waals surface area contributed by atoms with Gasteiger partial charge in [-0.2, -0.15) is 4.98 Å². The lowest BCUT2D eigenvalue weighted by Gasteiger charge is -2.05. The number of anilines is 1. The summed E-state index contributed by atoms with van der Waals surface area (Å²) in [5, 5.41) is 9.63. The van der Waals surface area contributed by atoms with Crippen molar-refractivity contribution in [2.24, 2.45) is 0 Å². The predicted octanol–water partition coefficient (Wildman–Crippen LogP) is 2.57. The van der Waals surface area contributed by atoms with Gasteiger partial charge < -0.3 is 15.3 Å². The van der Waals surface area contributed by atoms with E-state index in [1.165, 1.54) is 6.07 Å². The zero-order valence-corrected chi connectivity index (χ0v) is 11.9. The summed E-state index contributed by atoms with van der Waals surface area (Å²) in [4.78, 5) is 27.6. The lowest BCUT2D eigenvalue weighted by molar-refractivity contribution is 0.0698. The summed E-state index contributed by atoms with van der Waals surface area (Å²) in [7, 11) is 0. The van der Waals surface area contributed by atoms with Crippen LogP contribution in [0.3, 0.4) is 0 Å². The summed E-state index contributed by atoms with van der Waals surface area (Å²) >= 11 is 0. The van der Waals surface area contributed by atoms with E-state index in [2.05, 4.69) is 11.9 Å². The van der Waals surface area contributed by atoms with E-state index in [1.54, 1.807) is 12.1 Å². The zero-order chi connectivity index (χ0) is 15.9. The smallest absolute Gasteiger partial charge is 0.339 e. The van der Waals surface area contributed by atoms with Crippen molar-refractivity contribution in [3.8, 4) is 0 Å². The first-order valence-corrected chi connectivity index (χ1v) is 6.90. The molecule has 0 aliphatic rings. The topological polar surface area (TPSA) is 106 Å². The third-order valence-electron chi connectivity index (χ3n) is 3.53. The summed E-state index contributed by atoms with van der Waals surface area (Å²) in [6, 6.07) is 6.62. The molecule has 112 valence electrons. The fourth-order valence-corrected chi connectivity index (χ4v) is 2.46. The molecule has 0 aliphatic carbocycles. The maximum atomic E-state index is 12.6. The van der Waals surface area contributed by atoms with Gasteiger partial charge in [0.2, 0.25) is 11.1 Å². The maximum absolute atomic E-state index is 12.6. The highest BCUT2D eigenvalue weighted by atomic mass is 16.4. The van der Waals surface area contributed by atoms with Crippen LogP contribution >= 0.6 is 0 Å². The Hall–Kier alpha value is -2.89. The van der Waals surface area contributed by atoms with Crippen LogP contribution in [-0.4, -0.2) is 16.1 Å². The Morgan fingerprint density at radius 2 is 2.09 bits per heavy atom. The molecule has 2 heterocycles. The van der Waals surface area contributed by atoms with Crippen molar-refractivity contribution in [3.63, 3.8) is 0 Å². The second-order valence-electron chi connectivity index (χ2n) is 5.09. The van der Waals surface area contributed by atoms with Crippen LogP contribution in [0.1, 0.15) is 29.3 Å². The number of hydrogen-bond acceptors (Lipinski definition) is 5. The van der Waals surface area contributed by atoms with Crippen molar-refractivity contribution < 1.29 is 14.3 Å². The minimum atomic E-state index is -1.23. The van der Waals surface area contributed by atoms with Crippen molar-refractivity contribution in [1.29, 1.82) is 0 Å². The number of hydrogen-bond donors (Lipinski definition) is 2. The van der Waals surface area contributed by atoms with Gasteiger partial charge in [-0.1, -0.05) is 19.4 Å². The molecular formula is C16H14N2O4. The van der Waals surface area contributed by atoms with Crippen molar-refractivity contribution in [3.05, 3.63) is 45.6 Å². The Labute approximate surface area is 125 Å². The van der Waals surface area contributed by atoms with Gasteiger partial charge in [0.25, 0.3) is 0 Å². The van der Waals surface area contributed by atoms with E-state index in [1.807, 2.05) is 6.07 Å². The zero-order valence-electron chi connectivity index (χ0n) is 11.9. The average molecular weight is 298 g/mol. The van der Waals surface area contributed by atoms with Gasteiger partial charge >= 0.3 is 5.97 Å². The number of carboxylic acid groups (broad SMARTS) is 1. The van der Waals surface area contributed by atoms with Crippen molar-refractivity contribution in [2.75, 3.05) is 5.73 Å². The number of aromatic carboxylic acids is 1. The van der Waals surface area contributed by atoms with Gasteiger partial charge in [0, 0.05) is 0 Å². The summed E-state index contributed by atoms with van der Waals surface area (Å²) in [6.07, 6.45) is 1.82. The number of aryl methyl sites for hydroxylation is 1. The molecule has 0 fully saturated rings.